The summed E-state index contributed by atoms with van der Waals surface area (Å²) in [5.41, 5.74) is 4.66. The van der Waals surface area contributed by atoms with Gasteiger partial charge in [0.15, 0.2) is 0 Å². The summed E-state index contributed by atoms with van der Waals surface area (Å²) >= 11 is 0. The molecule has 0 aliphatic heterocycles. The summed E-state index contributed by atoms with van der Waals surface area (Å²) in [6, 6.07) is 7.90. The molecule has 2 rings (SSSR count). The number of hydrogen-bond acceptors (Lipinski definition) is 1. The minimum Gasteiger partial charge on any atom is -0.307 e. The summed E-state index contributed by atoms with van der Waals surface area (Å²) < 4.78 is 0. The molecule has 1 heteroatoms. The lowest BCUT2D eigenvalue weighted by molar-refractivity contribution is 0.266. The van der Waals surface area contributed by atoms with E-state index in [1.165, 1.54) is 36.0 Å². The highest BCUT2D eigenvalue weighted by molar-refractivity contribution is 5.32. The molecule has 1 aliphatic carbocycles. The van der Waals surface area contributed by atoms with Gasteiger partial charge < -0.3 is 5.32 Å². The standard InChI is InChI=1S/C17H27N/c1-12-8-9-15(13(2)11-12)14(3)18-16-7-6-10-17(16,4)5/h8-9,11,14,16,18H,6-7,10H2,1-5H3. The first kappa shape index (κ1) is 13.6. The predicted molar refractivity (Wildman–Crippen MR) is 78.9 cm³/mol. The van der Waals surface area contributed by atoms with Crippen molar-refractivity contribution in [2.45, 2.75) is 66.0 Å². The smallest absolute Gasteiger partial charge is 0.0297 e. The van der Waals surface area contributed by atoms with Gasteiger partial charge in [-0.05, 0) is 50.2 Å². The van der Waals surface area contributed by atoms with Crippen LogP contribution in [0.1, 0.15) is 62.8 Å². The van der Waals surface area contributed by atoms with E-state index in [0.29, 0.717) is 17.5 Å². The van der Waals surface area contributed by atoms with E-state index >= 15 is 0 Å². The van der Waals surface area contributed by atoms with Crippen molar-refractivity contribution in [1.29, 1.82) is 0 Å². The summed E-state index contributed by atoms with van der Waals surface area (Å²) in [5.74, 6) is 0. The zero-order chi connectivity index (χ0) is 13.3. The van der Waals surface area contributed by atoms with Crippen molar-refractivity contribution in [2.24, 2.45) is 5.41 Å². The van der Waals surface area contributed by atoms with Crippen molar-refractivity contribution in [2.75, 3.05) is 0 Å². The third-order valence-corrected chi connectivity index (χ3v) is 4.60. The molecule has 0 aromatic heterocycles. The summed E-state index contributed by atoms with van der Waals surface area (Å²) in [5, 5.41) is 3.85. The lowest BCUT2D eigenvalue weighted by Crippen LogP contribution is -2.39. The van der Waals surface area contributed by atoms with Crippen molar-refractivity contribution in [1.82, 2.24) is 5.32 Å². The Kier molecular flexibility index (Phi) is 3.82. The number of rotatable bonds is 3. The molecular formula is C17H27N. The first-order chi connectivity index (χ1) is 8.40. The largest absolute Gasteiger partial charge is 0.307 e. The molecule has 1 saturated carbocycles. The summed E-state index contributed by atoms with van der Waals surface area (Å²) in [6.45, 7) is 11.5. The molecule has 0 spiro atoms. The number of nitrogens with one attached hydrogen (secondary N) is 1. The van der Waals surface area contributed by atoms with E-state index in [2.05, 4.69) is 58.1 Å². The van der Waals surface area contributed by atoms with Crippen LogP contribution in [0.15, 0.2) is 18.2 Å². The first-order valence-corrected chi connectivity index (χ1v) is 7.23. The molecule has 18 heavy (non-hydrogen) atoms. The molecule has 1 fully saturated rings. The number of hydrogen-bond donors (Lipinski definition) is 1. The van der Waals surface area contributed by atoms with E-state index in [4.69, 9.17) is 0 Å². The Labute approximate surface area is 112 Å². The Hall–Kier alpha value is -0.820. The van der Waals surface area contributed by atoms with Crippen molar-refractivity contribution in [3.63, 3.8) is 0 Å². The fourth-order valence-electron chi connectivity index (χ4n) is 3.34. The van der Waals surface area contributed by atoms with Crippen LogP contribution in [0.3, 0.4) is 0 Å². The van der Waals surface area contributed by atoms with Crippen molar-refractivity contribution >= 4 is 0 Å². The third-order valence-electron chi connectivity index (χ3n) is 4.60. The highest BCUT2D eigenvalue weighted by atomic mass is 15.0. The van der Waals surface area contributed by atoms with Gasteiger partial charge in [0.05, 0.1) is 0 Å². The van der Waals surface area contributed by atoms with E-state index in [-0.39, 0.29) is 0 Å². The van der Waals surface area contributed by atoms with Gasteiger partial charge in [0.25, 0.3) is 0 Å². The molecule has 1 nitrogen and oxygen atoms in total. The van der Waals surface area contributed by atoms with Gasteiger partial charge >= 0.3 is 0 Å². The Balaban J connectivity index is 2.10. The number of aryl methyl sites for hydroxylation is 2. The lowest BCUT2D eigenvalue weighted by atomic mass is 9.86. The molecule has 1 aromatic carbocycles. The van der Waals surface area contributed by atoms with Crippen LogP contribution in [-0.2, 0) is 0 Å². The van der Waals surface area contributed by atoms with Crippen LogP contribution in [0, 0.1) is 19.3 Å². The molecule has 0 bridgehead atoms. The van der Waals surface area contributed by atoms with E-state index in [1.807, 2.05) is 0 Å². The molecule has 0 saturated heterocycles. The van der Waals surface area contributed by atoms with E-state index < -0.39 is 0 Å². The zero-order valence-electron chi connectivity index (χ0n) is 12.5. The van der Waals surface area contributed by atoms with Crippen molar-refractivity contribution in [3.05, 3.63) is 34.9 Å². The normalized spacial score (nSPS) is 24.2. The monoisotopic (exact) mass is 245 g/mol. The van der Waals surface area contributed by atoms with Gasteiger partial charge in [-0.1, -0.05) is 44.0 Å². The lowest BCUT2D eigenvalue weighted by Gasteiger charge is -2.31. The third kappa shape index (κ3) is 2.77. The quantitative estimate of drug-likeness (QED) is 0.825. The molecule has 2 unspecified atom stereocenters. The molecule has 2 atom stereocenters. The molecule has 100 valence electrons. The van der Waals surface area contributed by atoms with Gasteiger partial charge in [-0.3, -0.25) is 0 Å². The Morgan fingerprint density at radius 2 is 2.00 bits per heavy atom. The summed E-state index contributed by atoms with van der Waals surface area (Å²) in [6.07, 6.45) is 4.04. The van der Waals surface area contributed by atoms with Crippen molar-refractivity contribution < 1.29 is 0 Å². The Bertz CT molecular complexity index is 420. The molecule has 0 heterocycles. The molecule has 1 aromatic rings. The Morgan fingerprint density at radius 3 is 2.56 bits per heavy atom. The van der Waals surface area contributed by atoms with Gasteiger partial charge in [-0.2, -0.15) is 0 Å². The van der Waals surface area contributed by atoms with E-state index in [1.54, 1.807) is 0 Å². The molecular weight excluding hydrogens is 218 g/mol. The van der Waals surface area contributed by atoms with Crippen LogP contribution in [0.25, 0.3) is 0 Å². The van der Waals surface area contributed by atoms with Crippen molar-refractivity contribution in [3.8, 4) is 0 Å². The Morgan fingerprint density at radius 1 is 1.28 bits per heavy atom. The topological polar surface area (TPSA) is 12.0 Å². The second-order valence-corrected chi connectivity index (χ2v) is 6.68. The van der Waals surface area contributed by atoms with Crippen LogP contribution in [0.2, 0.25) is 0 Å². The fourth-order valence-corrected chi connectivity index (χ4v) is 3.34. The average molecular weight is 245 g/mol. The average Bonchev–Trinajstić information content (AvgIpc) is 2.58. The minimum absolute atomic E-state index is 0.451. The minimum atomic E-state index is 0.451. The van der Waals surface area contributed by atoms with Crippen LogP contribution < -0.4 is 5.32 Å². The number of benzene rings is 1. The summed E-state index contributed by atoms with van der Waals surface area (Å²) in [4.78, 5) is 0. The molecule has 1 aliphatic rings. The molecule has 0 amide bonds. The second-order valence-electron chi connectivity index (χ2n) is 6.68. The maximum Gasteiger partial charge on any atom is 0.0297 e. The maximum atomic E-state index is 3.85. The van der Waals surface area contributed by atoms with Crippen LogP contribution in [-0.4, -0.2) is 6.04 Å². The predicted octanol–water partition coefficient (Wildman–Crippen LogP) is 4.53. The molecule has 1 N–H and O–H groups in total. The van der Waals surface area contributed by atoms with Crippen LogP contribution >= 0.6 is 0 Å². The second kappa shape index (κ2) is 5.05. The van der Waals surface area contributed by atoms with Gasteiger partial charge in [0, 0.05) is 12.1 Å². The SMILES string of the molecule is Cc1ccc(C(C)NC2CCCC2(C)C)c(C)c1. The van der Waals surface area contributed by atoms with Gasteiger partial charge in [-0.15, -0.1) is 0 Å². The molecule has 0 radical (unpaired) electrons. The highest BCUT2D eigenvalue weighted by Crippen LogP contribution is 2.38. The zero-order valence-corrected chi connectivity index (χ0v) is 12.5. The van der Waals surface area contributed by atoms with Crippen LogP contribution in [0.4, 0.5) is 0 Å². The van der Waals surface area contributed by atoms with Gasteiger partial charge in [0.1, 0.15) is 0 Å². The first-order valence-electron chi connectivity index (χ1n) is 7.23. The van der Waals surface area contributed by atoms with E-state index in [9.17, 15) is 0 Å². The van der Waals surface area contributed by atoms with Crippen LogP contribution in [0.5, 0.6) is 0 Å². The van der Waals surface area contributed by atoms with Gasteiger partial charge in [0.2, 0.25) is 0 Å². The highest BCUT2D eigenvalue weighted by Gasteiger charge is 2.35. The van der Waals surface area contributed by atoms with E-state index in [0.717, 1.165) is 0 Å². The maximum absolute atomic E-state index is 3.85. The fraction of sp³-hybridized carbons (Fsp3) is 0.647. The van der Waals surface area contributed by atoms with Gasteiger partial charge in [-0.25, -0.2) is 0 Å². The summed E-state index contributed by atoms with van der Waals surface area (Å²) in [7, 11) is 0.